The summed E-state index contributed by atoms with van der Waals surface area (Å²) in [5.41, 5.74) is 7.35. The molecule has 2 unspecified atom stereocenters. The molecule has 0 saturated heterocycles. The fourth-order valence-corrected chi connectivity index (χ4v) is 2.78. The second-order valence-electron chi connectivity index (χ2n) is 5.70. The summed E-state index contributed by atoms with van der Waals surface area (Å²) in [6.07, 6.45) is 4.09. The number of benzene rings is 1. The van der Waals surface area contributed by atoms with Gasteiger partial charge in [0.25, 0.3) is 0 Å². The molecule has 106 valence electrons. The van der Waals surface area contributed by atoms with E-state index < -0.39 is 0 Å². The Hall–Kier alpha value is -0.930. The predicted octanol–water partition coefficient (Wildman–Crippen LogP) is 3.34. The lowest BCUT2D eigenvalue weighted by Gasteiger charge is -2.37. The molecular formula is C16H25FN2. The number of likely N-dealkylation sites (N-methyl/N-ethyl adjacent to an activating group) is 1. The summed E-state index contributed by atoms with van der Waals surface area (Å²) in [5, 5.41) is 0. The van der Waals surface area contributed by atoms with E-state index in [1.165, 1.54) is 31.4 Å². The van der Waals surface area contributed by atoms with Crippen LogP contribution in [-0.4, -0.2) is 24.0 Å². The van der Waals surface area contributed by atoms with E-state index in [9.17, 15) is 4.39 Å². The molecule has 0 aromatic heterocycles. The van der Waals surface area contributed by atoms with Crippen molar-refractivity contribution in [2.45, 2.75) is 45.2 Å². The number of hydrogen-bond donors (Lipinski definition) is 1. The van der Waals surface area contributed by atoms with E-state index >= 15 is 0 Å². The van der Waals surface area contributed by atoms with Crippen molar-refractivity contribution in [1.82, 2.24) is 4.90 Å². The van der Waals surface area contributed by atoms with Gasteiger partial charge in [0, 0.05) is 18.6 Å². The van der Waals surface area contributed by atoms with Crippen LogP contribution in [0.15, 0.2) is 24.3 Å². The van der Waals surface area contributed by atoms with Gasteiger partial charge in [0.15, 0.2) is 0 Å². The average Bonchev–Trinajstić information content (AvgIpc) is 2.37. The summed E-state index contributed by atoms with van der Waals surface area (Å²) in [4.78, 5) is 2.46. The topological polar surface area (TPSA) is 29.3 Å². The maximum absolute atomic E-state index is 13.0. The van der Waals surface area contributed by atoms with E-state index in [2.05, 4.69) is 18.7 Å². The number of hydrogen-bond acceptors (Lipinski definition) is 2. The van der Waals surface area contributed by atoms with Crippen LogP contribution in [-0.2, 0) is 0 Å². The molecule has 1 saturated carbocycles. The minimum Gasteiger partial charge on any atom is -0.323 e. The normalized spacial score (nSPS) is 19.2. The largest absolute Gasteiger partial charge is 0.323 e. The Morgan fingerprint density at radius 2 is 1.95 bits per heavy atom. The highest BCUT2D eigenvalue weighted by Gasteiger charge is 2.26. The Morgan fingerprint density at radius 3 is 2.42 bits per heavy atom. The average molecular weight is 264 g/mol. The van der Waals surface area contributed by atoms with Crippen molar-refractivity contribution in [1.29, 1.82) is 0 Å². The second-order valence-corrected chi connectivity index (χ2v) is 5.70. The van der Waals surface area contributed by atoms with Gasteiger partial charge in [0.05, 0.1) is 0 Å². The third kappa shape index (κ3) is 3.54. The molecule has 2 atom stereocenters. The van der Waals surface area contributed by atoms with Gasteiger partial charge in [-0.15, -0.1) is 0 Å². The van der Waals surface area contributed by atoms with Crippen molar-refractivity contribution in [3.8, 4) is 0 Å². The molecule has 19 heavy (non-hydrogen) atoms. The van der Waals surface area contributed by atoms with Crippen LogP contribution in [0.1, 0.15) is 44.7 Å². The Bertz CT molecular complexity index is 386. The monoisotopic (exact) mass is 264 g/mol. The molecule has 1 aliphatic rings. The second kappa shape index (κ2) is 6.49. The van der Waals surface area contributed by atoms with E-state index in [4.69, 9.17) is 5.73 Å². The Morgan fingerprint density at radius 1 is 1.32 bits per heavy atom. The molecule has 0 bridgehead atoms. The molecule has 1 aliphatic carbocycles. The molecular weight excluding hydrogens is 239 g/mol. The standard InChI is InChI=1S/C16H25FN2/c1-3-19(11-13-5-4-6-13)12(2)16(18)14-7-9-15(17)10-8-14/h7-10,12-13,16H,3-6,11,18H2,1-2H3. The molecule has 0 amide bonds. The van der Waals surface area contributed by atoms with E-state index in [1.807, 2.05) is 0 Å². The molecule has 0 heterocycles. The molecule has 0 aliphatic heterocycles. The smallest absolute Gasteiger partial charge is 0.123 e. The number of nitrogens with two attached hydrogens (primary N) is 1. The molecule has 2 nitrogen and oxygen atoms in total. The zero-order valence-corrected chi connectivity index (χ0v) is 12.0. The molecule has 3 heteroatoms. The van der Waals surface area contributed by atoms with Crippen LogP contribution in [0.5, 0.6) is 0 Å². The first-order chi connectivity index (χ1) is 9.11. The lowest BCUT2D eigenvalue weighted by molar-refractivity contribution is 0.131. The number of halogens is 1. The van der Waals surface area contributed by atoms with Crippen LogP contribution < -0.4 is 5.73 Å². The Balaban J connectivity index is 1.98. The molecule has 0 spiro atoms. The van der Waals surface area contributed by atoms with E-state index in [1.54, 1.807) is 12.1 Å². The van der Waals surface area contributed by atoms with Crippen LogP contribution in [0, 0.1) is 11.7 Å². The van der Waals surface area contributed by atoms with Crippen LogP contribution >= 0.6 is 0 Å². The summed E-state index contributed by atoms with van der Waals surface area (Å²) in [6, 6.07) is 6.81. The summed E-state index contributed by atoms with van der Waals surface area (Å²) in [5.74, 6) is 0.647. The van der Waals surface area contributed by atoms with Gasteiger partial charge in [-0.05, 0) is 49.9 Å². The van der Waals surface area contributed by atoms with Gasteiger partial charge in [-0.1, -0.05) is 25.5 Å². The molecule has 1 fully saturated rings. The van der Waals surface area contributed by atoms with Crippen molar-refractivity contribution < 1.29 is 4.39 Å². The third-order valence-corrected chi connectivity index (χ3v) is 4.47. The quantitative estimate of drug-likeness (QED) is 0.854. The van der Waals surface area contributed by atoms with Gasteiger partial charge >= 0.3 is 0 Å². The van der Waals surface area contributed by atoms with E-state index in [0.717, 1.165) is 24.6 Å². The van der Waals surface area contributed by atoms with Gasteiger partial charge < -0.3 is 5.73 Å². The van der Waals surface area contributed by atoms with Crippen LogP contribution in [0.3, 0.4) is 0 Å². The van der Waals surface area contributed by atoms with E-state index in [-0.39, 0.29) is 17.9 Å². The minimum atomic E-state index is -0.203. The maximum atomic E-state index is 13.0. The maximum Gasteiger partial charge on any atom is 0.123 e. The highest BCUT2D eigenvalue weighted by Crippen LogP contribution is 2.29. The van der Waals surface area contributed by atoms with Crippen LogP contribution in [0.4, 0.5) is 4.39 Å². The first kappa shape index (κ1) is 14.5. The minimum absolute atomic E-state index is 0.0550. The lowest BCUT2D eigenvalue weighted by Crippen LogP contribution is -2.44. The van der Waals surface area contributed by atoms with Gasteiger partial charge in [0.1, 0.15) is 5.82 Å². The zero-order chi connectivity index (χ0) is 13.8. The van der Waals surface area contributed by atoms with Crippen LogP contribution in [0.2, 0.25) is 0 Å². The van der Waals surface area contributed by atoms with Gasteiger partial charge in [0.2, 0.25) is 0 Å². The summed E-state index contributed by atoms with van der Waals surface area (Å²) in [6.45, 7) is 6.53. The van der Waals surface area contributed by atoms with Crippen molar-refractivity contribution in [2.75, 3.05) is 13.1 Å². The predicted molar refractivity (Wildman–Crippen MR) is 77.4 cm³/mol. The first-order valence-corrected chi connectivity index (χ1v) is 7.37. The molecule has 1 aromatic carbocycles. The van der Waals surface area contributed by atoms with Crippen molar-refractivity contribution in [3.05, 3.63) is 35.6 Å². The number of rotatable bonds is 6. The van der Waals surface area contributed by atoms with Gasteiger partial charge in [-0.3, -0.25) is 4.90 Å². The van der Waals surface area contributed by atoms with Crippen molar-refractivity contribution in [2.24, 2.45) is 11.7 Å². The highest BCUT2D eigenvalue weighted by atomic mass is 19.1. The fraction of sp³-hybridized carbons (Fsp3) is 0.625. The van der Waals surface area contributed by atoms with E-state index in [0.29, 0.717) is 0 Å². The molecule has 2 N–H and O–H groups in total. The SMILES string of the molecule is CCN(CC1CCC1)C(C)C(N)c1ccc(F)cc1. The van der Waals surface area contributed by atoms with Crippen molar-refractivity contribution in [3.63, 3.8) is 0 Å². The lowest BCUT2D eigenvalue weighted by atomic mass is 9.84. The van der Waals surface area contributed by atoms with Crippen LogP contribution in [0.25, 0.3) is 0 Å². The van der Waals surface area contributed by atoms with Crippen molar-refractivity contribution >= 4 is 0 Å². The summed E-state index contributed by atoms with van der Waals surface area (Å²) >= 11 is 0. The first-order valence-electron chi connectivity index (χ1n) is 7.37. The van der Waals surface area contributed by atoms with Gasteiger partial charge in [-0.2, -0.15) is 0 Å². The highest BCUT2D eigenvalue weighted by molar-refractivity contribution is 5.20. The Labute approximate surface area is 115 Å². The zero-order valence-electron chi connectivity index (χ0n) is 12.0. The summed E-state index contributed by atoms with van der Waals surface area (Å²) in [7, 11) is 0. The Kier molecular flexibility index (Phi) is 4.94. The third-order valence-electron chi connectivity index (χ3n) is 4.47. The molecule has 1 aromatic rings. The van der Waals surface area contributed by atoms with Gasteiger partial charge in [-0.25, -0.2) is 4.39 Å². The number of nitrogens with zero attached hydrogens (tertiary/aromatic N) is 1. The summed E-state index contributed by atoms with van der Waals surface area (Å²) < 4.78 is 13.0. The molecule has 0 radical (unpaired) electrons. The fourth-order valence-electron chi connectivity index (χ4n) is 2.78. The molecule has 2 rings (SSSR count).